The van der Waals surface area contributed by atoms with E-state index in [4.69, 9.17) is 18.1 Å². The highest BCUT2D eigenvalue weighted by molar-refractivity contribution is 6.26. The summed E-state index contributed by atoms with van der Waals surface area (Å²) in [5, 5.41) is 7.27. The van der Waals surface area contributed by atoms with Crippen molar-refractivity contribution in [2.24, 2.45) is 0 Å². The van der Waals surface area contributed by atoms with Crippen LogP contribution in [-0.2, 0) is 0 Å². The Morgan fingerprint density at radius 3 is 1.61 bits per heavy atom. The van der Waals surface area contributed by atoms with Crippen molar-refractivity contribution >= 4 is 54.3 Å². The van der Waals surface area contributed by atoms with Crippen LogP contribution < -0.4 is 0 Å². The average molecular weight is 633 g/mol. The van der Waals surface area contributed by atoms with Gasteiger partial charge in [-0.15, -0.1) is 0 Å². The SMILES string of the molecule is [2H]c1c([2H])c([2H])c(-c2ccc3cc4c(cc3c2)oc2cccc(-c3c5ccccc5c(-c5ccccc5-c5c([2H])c([2H])c([2H])c([2H])c5[2H])c5ccccc35)c24)c([2H])c1[2H]. The van der Waals surface area contributed by atoms with Gasteiger partial charge in [-0.3, -0.25) is 0 Å². The molecule has 1 heteroatoms. The Labute approximate surface area is 298 Å². The van der Waals surface area contributed by atoms with Gasteiger partial charge in [0.25, 0.3) is 0 Å². The molecule has 0 bridgehead atoms. The van der Waals surface area contributed by atoms with Gasteiger partial charge in [0, 0.05) is 10.8 Å². The van der Waals surface area contributed by atoms with E-state index in [0.717, 1.165) is 65.3 Å². The predicted octanol–water partition coefficient (Wildman–Crippen LogP) is 13.7. The fraction of sp³-hybridized carbons (Fsp3) is 0. The molecule has 0 atom stereocenters. The summed E-state index contributed by atoms with van der Waals surface area (Å²) in [5.41, 5.74) is 6.22. The lowest BCUT2D eigenvalue weighted by Gasteiger charge is -2.20. The van der Waals surface area contributed by atoms with Gasteiger partial charge in [-0.1, -0.05) is 157 Å². The molecule has 228 valence electrons. The largest absolute Gasteiger partial charge is 0.456 e. The maximum Gasteiger partial charge on any atom is 0.136 e. The Bertz CT molecular complexity index is 3350. The molecule has 0 radical (unpaired) electrons. The first kappa shape index (κ1) is 19.4. The van der Waals surface area contributed by atoms with E-state index in [2.05, 4.69) is 36.4 Å². The van der Waals surface area contributed by atoms with E-state index in [-0.39, 0.29) is 59.5 Å². The van der Waals surface area contributed by atoms with Crippen molar-refractivity contribution in [3.05, 3.63) is 182 Å². The van der Waals surface area contributed by atoms with Gasteiger partial charge in [0.2, 0.25) is 0 Å². The Morgan fingerprint density at radius 2 is 0.939 bits per heavy atom. The molecule has 9 aromatic carbocycles. The van der Waals surface area contributed by atoms with Gasteiger partial charge in [-0.2, -0.15) is 0 Å². The summed E-state index contributed by atoms with van der Waals surface area (Å²) in [6.45, 7) is 0. The summed E-state index contributed by atoms with van der Waals surface area (Å²) in [5.74, 6) is 0. The van der Waals surface area contributed by atoms with Crippen LogP contribution in [0.15, 0.2) is 186 Å². The molecular formula is C48H30O. The average Bonchev–Trinajstić information content (AvgIpc) is 3.62. The summed E-state index contributed by atoms with van der Waals surface area (Å²) >= 11 is 0. The first-order valence-electron chi connectivity index (χ1n) is 21.0. The van der Waals surface area contributed by atoms with E-state index < -0.39 is 12.1 Å². The van der Waals surface area contributed by atoms with Crippen LogP contribution in [0.1, 0.15) is 13.7 Å². The molecule has 0 N–H and O–H groups in total. The fourth-order valence-electron chi connectivity index (χ4n) is 7.34. The van der Waals surface area contributed by atoms with Crippen LogP contribution in [0.25, 0.3) is 98.8 Å². The molecule has 49 heavy (non-hydrogen) atoms. The molecule has 0 spiro atoms. The maximum absolute atomic E-state index is 8.85. The van der Waals surface area contributed by atoms with E-state index in [9.17, 15) is 0 Å². The predicted molar refractivity (Wildman–Crippen MR) is 208 cm³/mol. The second kappa shape index (κ2) is 11.1. The molecule has 0 unspecified atom stereocenters. The minimum absolute atomic E-state index is 0.142. The highest BCUT2D eigenvalue weighted by atomic mass is 16.3. The van der Waals surface area contributed by atoms with Crippen molar-refractivity contribution in [3.8, 4) is 44.5 Å². The fourth-order valence-corrected chi connectivity index (χ4v) is 7.34. The molecule has 1 aromatic heterocycles. The lowest BCUT2D eigenvalue weighted by Crippen LogP contribution is -1.93. The van der Waals surface area contributed by atoms with Crippen molar-refractivity contribution in [2.75, 3.05) is 0 Å². The van der Waals surface area contributed by atoms with Crippen LogP contribution in [-0.4, -0.2) is 0 Å². The highest BCUT2D eigenvalue weighted by Crippen LogP contribution is 2.48. The van der Waals surface area contributed by atoms with Gasteiger partial charge in [0.05, 0.1) is 13.7 Å². The molecule has 0 saturated heterocycles. The van der Waals surface area contributed by atoms with Crippen molar-refractivity contribution in [1.82, 2.24) is 0 Å². The van der Waals surface area contributed by atoms with Crippen LogP contribution >= 0.6 is 0 Å². The van der Waals surface area contributed by atoms with Crippen molar-refractivity contribution in [1.29, 1.82) is 0 Å². The molecular weight excluding hydrogens is 593 g/mol. The van der Waals surface area contributed by atoms with Gasteiger partial charge in [-0.25, -0.2) is 0 Å². The minimum atomic E-state index is -0.437. The summed E-state index contributed by atoms with van der Waals surface area (Å²) in [6, 6.07) is 35.9. The Hall–Kier alpha value is -6.44. The Kier molecular flexibility index (Phi) is 4.39. The van der Waals surface area contributed by atoms with E-state index in [1.54, 1.807) is 6.07 Å². The standard InChI is InChI=1S/C48H30O/c1-3-14-31(15-4-1)33-26-27-34-29-43-45(30-35(34)28-33)49-44-25-13-24-42(48(43)44)47-40-22-11-9-20-38(40)46(39-21-10-12-23-41(39)47)37-19-8-7-18-36(37)32-16-5-2-6-17-32/h1-30H/i1D,2D,3D,4D,5D,6D,14D,15D,16D,17D. The number of benzene rings is 9. The van der Waals surface area contributed by atoms with Crippen molar-refractivity contribution in [2.45, 2.75) is 0 Å². The summed E-state index contributed by atoms with van der Waals surface area (Å²) in [7, 11) is 0. The smallest absolute Gasteiger partial charge is 0.136 e. The molecule has 0 saturated carbocycles. The molecule has 10 aromatic rings. The van der Waals surface area contributed by atoms with Crippen LogP contribution in [0.4, 0.5) is 0 Å². The van der Waals surface area contributed by atoms with E-state index >= 15 is 0 Å². The molecule has 10 rings (SSSR count). The van der Waals surface area contributed by atoms with Gasteiger partial charge in [0.1, 0.15) is 11.2 Å². The molecule has 0 aliphatic rings. The minimum Gasteiger partial charge on any atom is -0.456 e. The second-order valence-corrected chi connectivity index (χ2v) is 12.1. The first-order chi connectivity index (χ1) is 28.5. The third-order valence-electron chi connectivity index (χ3n) is 9.41. The third kappa shape index (κ3) is 4.40. The summed E-state index contributed by atoms with van der Waals surface area (Å²) in [4.78, 5) is 0. The van der Waals surface area contributed by atoms with Crippen molar-refractivity contribution < 1.29 is 18.1 Å². The van der Waals surface area contributed by atoms with Gasteiger partial charge >= 0.3 is 0 Å². The van der Waals surface area contributed by atoms with Gasteiger partial charge in [0.15, 0.2) is 0 Å². The zero-order chi connectivity index (χ0) is 41.0. The Morgan fingerprint density at radius 1 is 0.367 bits per heavy atom. The van der Waals surface area contributed by atoms with Crippen molar-refractivity contribution in [3.63, 3.8) is 0 Å². The van der Waals surface area contributed by atoms with Crippen LogP contribution in [0.3, 0.4) is 0 Å². The van der Waals surface area contributed by atoms with E-state index in [1.807, 2.05) is 78.9 Å². The van der Waals surface area contributed by atoms with E-state index in [1.165, 1.54) is 0 Å². The quantitative estimate of drug-likeness (QED) is 0.176. The highest BCUT2D eigenvalue weighted by Gasteiger charge is 2.21. The zero-order valence-electron chi connectivity index (χ0n) is 36.0. The lowest BCUT2D eigenvalue weighted by molar-refractivity contribution is 0.669. The molecule has 0 aliphatic heterocycles. The van der Waals surface area contributed by atoms with Crippen LogP contribution in [0.5, 0.6) is 0 Å². The summed E-state index contributed by atoms with van der Waals surface area (Å²) < 4.78 is 90.8. The second-order valence-electron chi connectivity index (χ2n) is 12.1. The normalized spacial score (nSPS) is 14.5. The molecule has 1 heterocycles. The van der Waals surface area contributed by atoms with Gasteiger partial charge < -0.3 is 4.42 Å². The number of hydrogen-bond donors (Lipinski definition) is 0. The molecule has 1 nitrogen and oxygen atoms in total. The number of hydrogen-bond acceptors (Lipinski definition) is 1. The number of rotatable bonds is 4. The summed E-state index contributed by atoms with van der Waals surface area (Å²) in [6.07, 6.45) is 0. The van der Waals surface area contributed by atoms with Gasteiger partial charge in [-0.05, 0) is 101 Å². The Balaban J connectivity index is 1.23. The topological polar surface area (TPSA) is 13.1 Å². The van der Waals surface area contributed by atoms with Crippen LogP contribution in [0.2, 0.25) is 0 Å². The zero-order valence-corrected chi connectivity index (χ0v) is 26.0. The monoisotopic (exact) mass is 632 g/mol. The number of furan rings is 1. The lowest BCUT2D eigenvalue weighted by atomic mass is 9.83. The molecule has 0 amide bonds. The number of fused-ring (bicyclic) bond motifs is 6. The molecule has 0 aliphatic carbocycles. The first-order valence-corrected chi connectivity index (χ1v) is 16.0. The van der Waals surface area contributed by atoms with E-state index in [0.29, 0.717) is 22.3 Å². The maximum atomic E-state index is 8.85. The third-order valence-corrected chi connectivity index (χ3v) is 9.41. The molecule has 0 fully saturated rings. The van der Waals surface area contributed by atoms with Crippen LogP contribution in [0, 0.1) is 0 Å².